The van der Waals surface area contributed by atoms with Crippen LogP contribution in [0.2, 0.25) is 0 Å². The van der Waals surface area contributed by atoms with E-state index in [2.05, 4.69) is 4.98 Å². The van der Waals surface area contributed by atoms with Crippen molar-refractivity contribution in [2.24, 2.45) is 0 Å². The fourth-order valence-electron chi connectivity index (χ4n) is 1.49. The highest BCUT2D eigenvalue weighted by Crippen LogP contribution is 2.08. The Morgan fingerprint density at radius 3 is 2.94 bits per heavy atom. The zero-order chi connectivity index (χ0) is 12.0. The molecule has 0 spiro atoms. The first-order valence-corrected chi connectivity index (χ1v) is 5.28. The zero-order valence-electron chi connectivity index (χ0n) is 9.60. The highest BCUT2D eigenvalue weighted by atomic mass is 16.2. The molecule has 0 aliphatic carbocycles. The van der Waals surface area contributed by atoms with E-state index >= 15 is 0 Å². The molecule has 4 heteroatoms. The number of nitrogens with zero attached hydrogens (tertiary/aromatic N) is 3. The summed E-state index contributed by atoms with van der Waals surface area (Å²) in [4.78, 5) is 17.7. The number of aryl methyl sites for hydroxylation is 1. The maximum absolute atomic E-state index is 12.1. The minimum Gasteiger partial charge on any atom is -0.325 e. The average molecular weight is 217 g/mol. The summed E-state index contributed by atoms with van der Waals surface area (Å²) in [5.74, 6) is -0.117. The van der Waals surface area contributed by atoms with Gasteiger partial charge in [-0.1, -0.05) is 6.92 Å². The number of amides is 1. The average Bonchev–Trinajstić information content (AvgIpc) is 2.28. The summed E-state index contributed by atoms with van der Waals surface area (Å²) in [6.45, 7) is 4.50. The SMILES string of the molecule is CCCN(CC#N)C(=O)c1cccnc1C. The number of carbonyl (C=O) groups excluding carboxylic acids is 1. The van der Waals surface area contributed by atoms with Gasteiger partial charge in [0.05, 0.1) is 11.6 Å². The molecule has 4 nitrogen and oxygen atoms in total. The minimum absolute atomic E-state index is 0.117. The first-order valence-electron chi connectivity index (χ1n) is 5.28. The van der Waals surface area contributed by atoms with Gasteiger partial charge in [0.25, 0.3) is 5.91 Å². The van der Waals surface area contributed by atoms with Crippen LogP contribution in [0.4, 0.5) is 0 Å². The van der Waals surface area contributed by atoms with Crippen LogP contribution in [-0.4, -0.2) is 28.9 Å². The molecule has 0 aliphatic heterocycles. The van der Waals surface area contributed by atoms with Crippen LogP contribution < -0.4 is 0 Å². The molecule has 1 aromatic rings. The van der Waals surface area contributed by atoms with Gasteiger partial charge in [-0.05, 0) is 25.5 Å². The zero-order valence-corrected chi connectivity index (χ0v) is 9.60. The van der Waals surface area contributed by atoms with E-state index in [0.717, 1.165) is 6.42 Å². The lowest BCUT2D eigenvalue weighted by Crippen LogP contribution is -2.32. The maximum Gasteiger partial charge on any atom is 0.256 e. The number of aromatic nitrogens is 1. The predicted molar refractivity (Wildman–Crippen MR) is 60.8 cm³/mol. The van der Waals surface area contributed by atoms with Crippen molar-refractivity contribution < 1.29 is 4.79 Å². The summed E-state index contributed by atoms with van der Waals surface area (Å²) in [5, 5.41) is 8.67. The molecule has 0 bridgehead atoms. The Morgan fingerprint density at radius 1 is 1.62 bits per heavy atom. The molecule has 0 aliphatic rings. The number of rotatable bonds is 4. The van der Waals surface area contributed by atoms with E-state index in [1.165, 1.54) is 0 Å². The molecule has 0 unspecified atom stereocenters. The number of carbonyl (C=O) groups is 1. The molecule has 0 fully saturated rings. The van der Waals surface area contributed by atoms with Gasteiger partial charge in [0.2, 0.25) is 0 Å². The Hall–Kier alpha value is -1.89. The molecular formula is C12H15N3O. The second-order valence-electron chi connectivity index (χ2n) is 3.52. The Kier molecular flexibility index (Phi) is 4.46. The summed E-state index contributed by atoms with van der Waals surface area (Å²) >= 11 is 0. The third kappa shape index (κ3) is 2.80. The van der Waals surface area contributed by atoms with Gasteiger partial charge in [-0.25, -0.2) is 0 Å². The van der Waals surface area contributed by atoms with Gasteiger partial charge in [-0.3, -0.25) is 9.78 Å². The van der Waals surface area contributed by atoms with E-state index in [4.69, 9.17) is 5.26 Å². The Morgan fingerprint density at radius 2 is 2.38 bits per heavy atom. The second-order valence-corrected chi connectivity index (χ2v) is 3.52. The van der Waals surface area contributed by atoms with Crippen LogP contribution >= 0.6 is 0 Å². The van der Waals surface area contributed by atoms with Crippen LogP contribution in [0.15, 0.2) is 18.3 Å². The van der Waals surface area contributed by atoms with E-state index in [1.807, 2.05) is 13.0 Å². The molecule has 0 radical (unpaired) electrons. The molecule has 0 atom stereocenters. The summed E-state index contributed by atoms with van der Waals surface area (Å²) in [7, 11) is 0. The van der Waals surface area contributed by atoms with Crippen LogP contribution in [-0.2, 0) is 0 Å². The van der Waals surface area contributed by atoms with Crippen molar-refractivity contribution in [2.75, 3.05) is 13.1 Å². The molecule has 1 rings (SSSR count). The van der Waals surface area contributed by atoms with E-state index in [-0.39, 0.29) is 12.5 Å². The van der Waals surface area contributed by atoms with Crippen LogP contribution in [0.5, 0.6) is 0 Å². The summed E-state index contributed by atoms with van der Waals surface area (Å²) in [6, 6.07) is 5.48. The molecule has 1 aromatic heterocycles. The lowest BCUT2D eigenvalue weighted by Gasteiger charge is -2.19. The highest BCUT2D eigenvalue weighted by molar-refractivity contribution is 5.95. The van der Waals surface area contributed by atoms with Crippen molar-refractivity contribution in [2.45, 2.75) is 20.3 Å². The largest absolute Gasteiger partial charge is 0.325 e. The quantitative estimate of drug-likeness (QED) is 0.722. The minimum atomic E-state index is -0.117. The first kappa shape index (κ1) is 12.2. The van der Waals surface area contributed by atoms with E-state index in [9.17, 15) is 4.79 Å². The van der Waals surface area contributed by atoms with E-state index in [1.54, 1.807) is 30.2 Å². The van der Waals surface area contributed by atoms with Gasteiger partial charge in [0.1, 0.15) is 6.54 Å². The normalized spacial score (nSPS) is 9.56. The number of hydrogen-bond donors (Lipinski definition) is 0. The van der Waals surface area contributed by atoms with Crippen molar-refractivity contribution in [3.05, 3.63) is 29.6 Å². The van der Waals surface area contributed by atoms with Crippen LogP contribution in [0.3, 0.4) is 0 Å². The fourth-order valence-corrected chi connectivity index (χ4v) is 1.49. The third-order valence-corrected chi connectivity index (χ3v) is 2.28. The van der Waals surface area contributed by atoms with Gasteiger partial charge < -0.3 is 4.90 Å². The third-order valence-electron chi connectivity index (χ3n) is 2.28. The van der Waals surface area contributed by atoms with Crippen LogP contribution in [0.1, 0.15) is 29.4 Å². The lowest BCUT2D eigenvalue weighted by molar-refractivity contribution is 0.0775. The van der Waals surface area contributed by atoms with Gasteiger partial charge in [0, 0.05) is 18.4 Å². The molecule has 1 amide bonds. The Bertz CT molecular complexity index is 409. The number of pyridine rings is 1. The maximum atomic E-state index is 12.1. The summed E-state index contributed by atoms with van der Waals surface area (Å²) in [5.41, 5.74) is 1.28. The molecule has 0 aromatic carbocycles. The molecule has 16 heavy (non-hydrogen) atoms. The Balaban J connectivity index is 2.91. The number of nitriles is 1. The van der Waals surface area contributed by atoms with Crippen molar-refractivity contribution in [1.82, 2.24) is 9.88 Å². The predicted octanol–water partition coefficient (Wildman–Crippen LogP) is 1.77. The molecule has 84 valence electrons. The van der Waals surface area contributed by atoms with Crippen LogP contribution in [0, 0.1) is 18.3 Å². The van der Waals surface area contributed by atoms with Gasteiger partial charge in [-0.15, -0.1) is 0 Å². The van der Waals surface area contributed by atoms with Crippen molar-refractivity contribution in [3.8, 4) is 6.07 Å². The fraction of sp³-hybridized carbons (Fsp3) is 0.417. The second kappa shape index (κ2) is 5.86. The van der Waals surface area contributed by atoms with E-state index < -0.39 is 0 Å². The monoisotopic (exact) mass is 217 g/mol. The van der Waals surface area contributed by atoms with Crippen molar-refractivity contribution in [3.63, 3.8) is 0 Å². The van der Waals surface area contributed by atoms with Crippen molar-refractivity contribution in [1.29, 1.82) is 5.26 Å². The van der Waals surface area contributed by atoms with E-state index in [0.29, 0.717) is 17.8 Å². The molecule has 0 saturated heterocycles. The smallest absolute Gasteiger partial charge is 0.256 e. The highest BCUT2D eigenvalue weighted by Gasteiger charge is 2.16. The van der Waals surface area contributed by atoms with Crippen LogP contribution in [0.25, 0.3) is 0 Å². The first-order chi connectivity index (χ1) is 7.70. The van der Waals surface area contributed by atoms with Gasteiger partial charge >= 0.3 is 0 Å². The van der Waals surface area contributed by atoms with Gasteiger partial charge in [-0.2, -0.15) is 5.26 Å². The standard InChI is InChI=1S/C12H15N3O/c1-3-8-15(9-6-13)12(16)11-5-4-7-14-10(11)2/h4-5,7H,3,8-9H2,1-2H3. The lowest BCUT2D eigenvalue weighted by atomic mass is 10.2. The topological polar surface area (TPSA) is 57.0 Å². The molecule has 1 heterocycles. The van der Waals surface area contributed by atoms with Crippen molar-refractivity contribution >= 4 is 5.91 Å². The summed E-state index contributed by atoms with van der Waals surface area (Å²) < 4.78 is 0. The summed E-state index contributed by atoms with van der Waals surface area (Å²) in [6.07, 6.45) is 2.49. The molecule has 0 saturated carbocycles. The Labute approximate surface area is 95.5 Å². The van der Waals surface area contributed by atoms with Gasteiger partial charge in [0.15, 0.2) is 0 Å². The molecular weight excluding hydrogens is 202 g/mol. The number of hydrogen-bond acceptors (Lipinski definition) is 3. The molecule has 0 N–H and O–H groups in total.